The average molecular weight is 440 g/mol. The summed E-state index contributed by atoms with van der Waals surface area (Å²) in [4.78, 5) is 32.8. The monoisotopic (exact) mass is 440 g/mol. The number of aromatic carboxylic acids is 1. The molecule has 1 amide bonds. The van der Waals surface area contributed by atoms with Crippen molar-refractivity contribution in [3.63, 3.8) is 0 Å². The molecule has 0 unspecified atom stereocenters. The molecule has 0 bridgehead atoms. The molecule has 164 valence electrons. The highest BCUT2D eigenvalue weighted by Gasteiger charge is 2.13. The first-order valence-electron chi connectivity index (χ1n) is 10.0. The summed E-state index contributed by atoms with van der Waals surface area (Å²) in [6.07, 6.45) is 0. The van der Waals surface area contributed by atoms with E-state index in [9.17, 15) is 14.7 Å². The van der Waals surface area contributed by atoms with Crippen LogP contribution in [0.25, 0.3) is 11.3 Å². The number of anilines is 3. The Hall–Kier alpha value is -4.72. The van der Waals surface area contributed by atoms with Gasteiger partial charge in [0.25, 0.3) is 5.91 Å². The number of aromatic nitrogens is 2. The Labute approximate surface area is 189 Å². The van der Waals surface area contributed by atoms with Crippen LogP contribution in [0.5, 0.6) is 5.75 Å². The van der Waals surface area contributed by atoms with Crippen molar-refractivity contribution in [2.75, 3.05) is 10.6 Å². The van der Waals surface area contributed by atoms with E-state index in [-0.39, 0.29) is 17.0 Å². The third kappa shape index (κ3) is 5.13. The predicted molar refractivity (Wildman–Crippen MR) is 125 cm³/mol. The van der Waals surface area contributed by atoms with Crippen LogP contribution in [-0.4, -0.2) is 32.1 Å². The van der Waals surface area contributed by atoms with Gasteiger partial charge in [-0.1, -0.05) is 36.4 Å². The maximum Gasteiger partial charge on any atom is 0.339 e. The van der Waals surface area contributed by atoms with Crippen molar-refractivity contribution in [3.8, 4) is 17.0 Å². The van der Waals surface area contributed by atoms with E-state index in [0.717, 1.165) is 11.3 Å². The highest BCUT2D eigenvalue weighted by molar-refractivity contribution is 6.05. The van der Waals surface area contributed by atoms with Gasteiger partial charge >= 0.3 is 5.97 Å². The first-order chi connectivity index (χ1) is 15.9. The number of phenols is 1. The Kier molecular flexibility index (Phi) is 5.99. The molecule has 3 aromatic carbocycles. The van der Waals surface area contributed by atoms with Gasteiger partial charge in [0.05, 0.1) is 5.69 Å². The first-order valence-corrected chi connectivity index (χ1v) is 10.0. The van der Waals surface area contributed by atoms with Crippen molar-refractivity contribution in [2.24, 2.45) is 0 Å². The van der Waals surface area contributed by atoms with E-state index in [2.05, 4.69) is 20.6 Å². The number of nitrogens with one attached hydrogen (secondary N) is 2. The number of hydrogen-bond donors (Lipinski definition) is 4. The summed E-state index contributed by atoms with van der Waals surface area (Å²) >= 11 is 0. The lowest BCUT2D eigenvalue weighted by molar-refractivity contribution is 0.0693. The van der Waals surface area contributed by atoms with Crippen molar-refractivity contribution in [3.05, 3.63) is 95.8 Å². The number of amides is 1. The Morgan fingerprint density at radius 3 is 2.39 bits per heavy atom. The molecular formula is C25H20N4O4. The van der Waals surface area contributed by atoms with E-state index < -0.39 is 11.9 Å². The largest absolute Gasteiger partial charge is 0.507 e. The van der Waals surface area contributed by atoms with Crippen molar-refractivity contribution in [2.45, 2.75) is 6.92 Å². The molecular weight excluding hydrogens is 420 g/mol. The van der Waals surface area contributed by atoms with E-state index in [1.807, 2.05) is 43.3 Å². The number of rotatable bonds is 6. The molecule has 0 aliphatic heterocycles. The molecule has 8 nitrogen and oxygen atoms in total. The van der Waals surface area contributed by atoms with Gasteiger partial charge in [-0.25, -0.2) is 14.8 Å². The van der Waals surface area contributed by atoms with Crippen LogP contribution in [0.2, 0.25) is 0 Å². The summed E-state index contributed by atoms with van der Waals surface area (Å²) in [6, 6.07) is 22.3. The molecule has 33 heavy (non-hydrogen) atoms. The maximum atomic E-state index is 12.7. The third-order valence-electron chi connectivity index (χ3n) is 4.79. The van der Waals surface area contributed by atoms with Crippen molar-refractivity contribution in [1.82, 2.24) is 9.97 Å². The number of carboxylic acids is 1. The molecule has 0 aliphatic rings. The smallest absolute Gasteiger partial charge is 0.339 e. The lowest BCUT2D eigenvalue weighted by atomic mass is 10.1. The molecule has 1 aromatic heterocycles. The van der Waals surface area contributed by atoms with Gasteiger partial charge in [0.2, 0.25) is 0 Å². The number of hydrogen-bond acceptors (Lipinski definition) is 6. The topological polar surface area (TPSA) is 124 Å². The molecule has 0 spiro atoms. The molecule has 4 N–H and O–H groups in total. The number of nitrogens with zero attached hydrogens (tertiary/aromatic N) is 2. The van der Waals surface area contributed by atoms with Crippen molar-refractivity contribution < 1.29 is 19.8 Å². The normalized spacial score (nSPS) is 10.5. The minimum atomic E-state index is -1.29. The van der Waals surface area contributed by atoms with Gasteiger partial charge in [0.15, 0.2) is 0 Å². The number of carbonyl (C=O) groups excluding carboxylic acids is 1. The standard InChI is InChI=1S/C25H20N4O4/c1-15-26-21(16-6-3-2-4-7-16)14-23(27-15)28-18-9-5-8-17(12-18)24(31)29-19-10-11-22(30)20(13-19)25(32)33/h2-14,30H,1H3,(H,29,31)(H,32,33)(H,26,27,28). The molecule has 0 radical (unpaired) electrons. The van der Waals surface area contributed by atoms with Gasteiger partial charge < -0.3 is 20.8 Å². The molecule has 1 heterocycles. The molecule has 8 heteroatoms. The van der Waals surface area contributed by atoms with Crippen LogP contribution >= 0.6 is 0 Å². The van der Waals surface area contributed by atoms with Crippen LogP contribution < -0.4 is 10.6 Å². The Morgan fingerprint density at radius 1 is 0.848 bits per heavy atom. The Balaban J connectivity index is 1.54. The van der Waals surface area contributed by atoms with Crippen molar-refractivity contribution in [1.29, 1.82) is 0 Å². The van der Waals surface area contributed by atoms with Gasteiger partial charge in [-0.2, -0.15) is 0 Å². The zero-order valence-electron chi connectivity index (χ0n) is 17.6. The summed E-state index contributed by atoms with van der Waals surface area (Å²) in [5.41, 5.74) is 2.72. The molecule has 0 atom stereocenters. The van der Waals surface area contributed by atoms with Gasteiger partial charge in [0, 0.05) is 28.6 Å². The summed E-state index contributed by atoms with van der Waals surface area (Å²) in [5, 5.41) is 24.6. The molecule has 0 fully saturated rings. The number of carboxylic acid groups (broad SMARTS) is 1. The van der Waals surface area contributed by atoms with E-state index in [4.69, 9.17) is 5.11 Å². The van der Waals surface area contributed by atoms with Crippen molar-refractivity contribution >= 4 is 29.1 Å². The SMILES string of the molecule is Cc1nc(Nc2cccc(C(=O)Nc3ccc(O)c(C(=O)O)c3)c2)cc(-c2ccccc2)n1. The highest BCUT2D eigenvalue weighted by Crippen LogP contribution is 2.24. The second kappa shape index (κ2) is 9.19. The second-order valence-corrected chi connectivity index (χ2v) is 7.25. The molecule has 0 saturated carbocycles. The van der Waals surface area contributed by atoms with Crippen LogP contribution in [0.15, 0.2) is 78.9 Å². The molecule has 4 aromatic rings. The van der Waals surface area contributed by atoms with Gasteiger partial charge in [-0.05, 0) is 43.3 Å². The molecule has 0 aliphatic carbocycles. The van der Waals surface area contributed by atoms with Crippen LogP contribution in [0.4, 0.5) is 17.2 Å². The summed E-state index contributed by atoms with van der Waals surface area (Å²) in [7, 11) is 0. The van der Waals surface area contributed by atoms with Gasteiger partial charge in [-0.15, -0.1) is 0 Å². The number of carbonyl (C=O) groups is 2. The van der Waals surface area contributed by atoms with E-state index >= 15 is 0 Å². The molecule has 4 rings (SSSR count). The van der Waals surface area contributed by atoms with Crippen LogP contribution in [0.1, 0.15) is 26.5 Å². The predicted octanol–water partition coefficient (Wildman–Crippen LogP) is 4.85. The molecule has 0 saturated heterocycles. The lowest BCUT2D eigenvalue weighted by Gasteiger charge is -2.11. The van der Waals surface area contributed by atoms with Crippen LogP contribution in [-0.2, 0) is 0 Å². The lowest BCUT2D eigenvalue weighted by Crippen LogP contribution is -2.12. The number of aromatic hydroxyl groups is 1. The van der Waals surface area contributed by atoms with Crippen LogP contribution in [0, 0.1) is 6.92 Å². The minimum absolute atomic E-state index is 0.257. The van der Waals surface area contributed by atoms with E-state index in [1.165, 1.54) is 18.2 Å². The van der Waals surface area contributed by atoms with E-state index in [0.29, 0.717) is 22.9 Å². The maximum absolute atomic E-state index is 12.7. The number of aryl methyl sites for hydroxylation is 1. The van der Waals surface area contributed by atoms with E-state index in [1.54, 1.807) is 24.3 Å². The fourth-order valence-electron chi connectivity index (χ4n) is 3.26. The summed E-state index contributed by atoms with van der Waals surface area (Å²) in [6.45, 7) is 1.81. The highest BCUT2D eigenvalue weighted by atomic mass is 16.4. The van der Waals surface area contributed by atoms with Crippen LogP contribution in [0.3, 0.4) is 0 Å². The second-order valence-electron chi connectivity index (χ2n) is 7.25. The Morgan fingerprint density at radius 2 is 1.64 bits per heavy atom. The minimum Gasteiger partial charge on any atom is -0.507 e. The number of benzene rings is 3. The average Bonchev–Trinajstić information content (AvgIpc) is 2.80. The zero-order chi connectivity index (χ0) is 23.4. The Bertz CT molecular complexity index is 1340. The van der Waals surface area contributed by atoms with Gasteiger partial charge in [0.1, 0.15) is 23.0 Å². The quantitative estimate of drug-likeness (QED) is 0.316. The zero-order valence-corrected chi connectivity index (χ0v) is 17.6. The fourth-order valence-corrected chi connectivity index (χ4v) is 3.26. The fraction of sp³-hybridized carbons (Fsp3) is 0.0400. The summed E-state index contributed by atoms with van der Waals surface area (Å²) in [5.74, 6) is -0.895. The third-order valence-corrected chi connectivity index (χ3v) is 4.79. The van der Waals surface area contributed by atoms with Gasteiger partial charge in [-0.3, -0.25) is 4.79 Å². The first kappa shape index (κ1) is 21.5. The summed E-state index contributed by atoms with van der Waals surface area (Å²) < 4.78 is 0.